The molecular weight excluding hydrogens is 250 g/mol. The van der Waals surface area contributed by atoms with Gasteiger partial charge in [0.15, 0.2) is 0 Å². The van der Waals surface area contributed by atoms with Gasteiger partial charge in [-0.2, -0.15) is 0 Å². The van der Waals surface area contributed by atoms with E-state index in [1.807, 2.05) is 31.2 Å². The SMILES string of the molecule is CO[C@H](CNS(=O)(=O)C1CC1)c1ccccc1C. The van der Waals surface area contributed by atoms with Crippen LogP contribution in [0.15, 0.2) is 24.3 Å². The van der Waals surface area contributed by atoms with Gasteiger partial charge in [-0.3, -0.25) is 0 Å². The normalized spacial score (nSPS) is 17.7. The molecule has 0 heterocycles. The molecule has 0 aromatic heterocycles. The van der Waals surface area contributed by atoms with E-state index in [0.717, 1.165) is 24.0 Å². The van der Waals surface area contributed by atoms with Gasteiger partial charge in [0.05, 0.1) is 11.4 Å². The highest BCUT2D eigenvalue weighted by molar-refractivity contribution is 7.90. The van der Waals surface area contributed by atoms with E-state index in [1.54, 1.807) is 7.11 Å². The van der Waals surface area contributed by atoms with Crippen molar-refractivity contribution in [3.63, 3.8) is 0 Å². The van der Waals surface area contributed by atoms with E-state index in [1.165, 1.54) is 0 Å². The molecule has 0 aliphatic heterocycles. The Bertz CT molecular complexity index is 509. The summed E-state index contributed by atoms with van der Waals surface area (Å²) in [4.78, 5) is 0. The summed E-state index contributed by atoms with van der Waals surface area (Å²) in [6.07, 6.45) is 1.31. The molecule has 1 saturated carbocycles. The minimum atomic E-state index is -3.14. The van der Waals surface area contributed by atoms with Crippen molar-refractivity contribution in [1.29, 1.82) is 0 Å². The summed E-state index contributed by atoms with van der Waals surface area (Å²) in [5.41, 5.74) is 2.13. The number of sulfonamides is 1. The van der Waals surface area contributed by atoms with Crippen molar-refractivity contribution in [2.45, 2.75) is 31.1 Å². The fraction of sp³-hybridized carbons (Fsp3) is 0.538. The van der Waals surface area contributed by atoms with Crippen LogP contribution in [0, 0.1) is 6.92 Å². The van der Waals surface area contributed by atoms with E-state index in [-0.39, 0.29) is 11.4 Å². The quantitative estimate of drug-likeness (QED) is 0.856. The van der Waals surface area contributed by atoms with Crippen LogP contribution in [0.4, 0.5) is 0 Å². The van der Waals surface area contributed by atoms with Crippen LogP contribution in [0.5, 0.6) is 0 Å². The standard InChI is InChI=1S/C13H19NO3S/c1-10-5-3-4-6-12(10)13(17-2)9-14-18(15,16)11-7-8-11/h3-6,11,13-14H,7-9H2,1-2H3/t13-/m1/s1. The molecule has 100 valence electrons. The lowest BCUT2D eigenvalue weighted by atomic mass is 10.0. The number of hydrogen-bond acceptors (Lipinski definition) is 3. The second-order valence-electron chi connectivity index (χ2n) is 4.67. The van der Waals surface area contributed by atoms with Gasteiger partial charge in [-0.15, -0.1) is 0 Å². The van der Waals surface area contributed by atoms with E-state index in [4.69, 9.17) is 4.74 Å². The summed E-state index contributed by atoms with van der Waals surface area (Å²) in [5, 5.41) is -0.188. The molecule has 2 rings (SSSR count). The van der Waals surface area contributed by atoms with E-state index < -0.39 is 10.0 Å². The number of aryl methyl sites for hydroxylation is 1. The molecule has 5 heteroatoms. The number of hydrogen-bond donors (Lipinski definition) is 1. The molecule has 0 unspecified atom stereocenters. The maximum absolute atomic E-state index is 11.8. The van der Waals surface area contributed by atoms with Crippen molar-refractivity contribution in [2.75, 3.05) is 13.7 Å². The molecule has 1 aromatic rings. The first kappa shape index (κ1) is 13.5. The van der Waals surface area contributed by atoms with Gasteiger partial charge in [-0.05, 0) is 30.9 Å². The van der Waals surface area contributed by atoms with Crippen LogP contribution in [0.3, 0.4) is 0 Å². The third-order valence-electron chi connectivity index (χ3n) is 3.25. The van der Waals surface area contributed by atoms with Gasteiger partial charge in [0, 0.05) is 13.7 Å². The number of rotatable bonds is 6. The highest BCUT2D eigenvalue weighted by Crippen LogP contribution is 2.28. The van der Waals surface area contributed by atoms with E-state index in [0.29, 0.717) is 6.54 Å². The Hall–Kier alpha value is -0.910. The van der Waals surface area contributed by atoms with Gasteiger partial charge in [0.1, 0.15) is 0 Å². The zero-order valence-electron chi connectivity index (χ0n) is 10.7. The Morgan fingerprint density at radius 3 is 2.61 bits per heavy atom. The van der Waals surface area contributed by atoms with E-state index in [9.17, 15) is 8.42 Å². The highest BCUT2D eigenvalue weighted by atomic mass is 32.2. The van der Waals surface area contributed by atoms with Crippen LogP contribution in [-0.2, 0) is 14.8 Å². The predicted molar refractivity (Wildman–Crippen MR) is 70.9 cm³/mol. The third-order valence-corrected chi connectivity index (χ3v) is 5.17. The number of nitrogens with one attached hydrogen (secondary N) is 1. The molecule has 1 fully saturated rings. The number of ether oxygens (including phenoxy) is 1. The average Bonchev–Trinajstić information content (AvgIpc) is 3.16. The molecule has 0 radical (unpaired) electrons. The van der Waals surface area contributed by atoms with Crippen molar-refractivity contribution in [3.05, 3.63) is 35.4 Å². The maximum Gasteiger partial charge on any atom is 0.214 e. The zero-order valence-corrected chi connectivity index (χ0v) is 11.5. The second-order valence-corrected chi connectivity index (χ2v) is 6.72. The highest BCUT2D eigenvalue weighted by Gasteiger charge is 2.35. The van der Waals surface area contributed by atoms with Crippen molar-refractivity contribution >= 4 is 10.0 Å². The molecule has 0 bridgehead atoms. The van der Waals surface area contributed by atoms with Crippen LogP contribution in [0.25, 0.3) is 0 Å². The molecule has 0 saturated heterocycles. The average molecular weight is 269 g/mol. The first-order chi connectivity index (χ1) is 8.54. The van der Waals surface area contributed by atoms with Gasteiger partial charge in [-0.25, -0.2) is 13.1 Å². The van der Waals surface area contributed by atoms with Crippen LogP contribution in [0.2, 0.25) is 0 Å². The predicted octanol–water partition coefficient (Wildman–Crippen LogP) is 1.76. The van der Waals surface area contributed by atoms with E-state index in [2.05, 4.69) is 4.72 Å². The largest absolute Gasteiger partial charge is 0.375 e. The minimum absolute atomic E-state index is 0.188. The molecule has 18 heavy (non-hydrogen) atoms. The molecule has 1 aromatic carbocycles. The molecule has 4 nitrogen and oxygen atoms in total. The zero-order chi connectivity index (χ0) is 13.2. The van der Waals surface area contributed by atoms with Crippen molar-refractivity contribution in [3.8, 4) is 0 Å². The summed E-state index contributed by atoms with van der Waals surface area (Å²) < 4.78 is 31.6. The molecule has 0 spiro atoms. The molecular formula is C13H19NO3S. The fourth-order valence-electron chi connectivity index (χ4n) is 1.96. The Morgan fingerprint density at radius 2 is 2.06 bits per heavy atom. The Morgan fingerprint density at radius 1 is 1.39 bits per heavy atom. The first-order valence-corrected chi connectivity index (χ1v) is 7.66. The van der Waals surface area contributed by atoms with Crippen LogP contribution in [0.1, 0.15) is 30.1 Å². The molecule has 1 N–H and O–H groups in total. The van der Waals surface area contributed by atoms with Crippen molar-refractivity contribution < 1.29 is 13.2 Å². The molecule has 0 amide bonds. The van der Waals surface area contributed by atoms with Crippen LogP contribution < -0.4 is 4.72 Å². The molecule has 1 aliphatic carbocycles. The number of benzene rings is 1. The van der Waals surface area contributed by atoms with Gasteiger partial charge in [-0.1, -0.05) is 24.3 Å². The lowest BCUT2D eigenvalue weighted by Crippen LogP contribution is -2.32. The van der Waals surface area contributed by atoms with Crippen LogP contribution >= 0.6 is 0 Å². The maximum atomic E-state index is 11.8. The summed E-state index contributed by atoms with van der Waals surface area (Å²) in [5.74, 6) is 0. The summed E-state index contributed by atoms with van der Waals surface area (Å²) in [6.45, 7) is 2.29. The summed E-state index contributed by atoms with van der Waals surface area (Å²) in [6, 6.07) is 7.86. The Balaban J connectivity index is 2.04. The van der Waals surface area contributed by atoms with Crippen molar-refractivity contribution in [1.82, 2.24) is 4.72 Å². The minimum Gasteiger partial charge on any atom is -0.375 e. The van der Waals surface area contributed by atoms with Gasteiger partial charge in [0.25, 0.3) is 0 Å². The van der Waals surface area contributed by atoms with Gasteiger partial charge in [0.2, 0.25) is 10.0 Å². The topological polar surface area (TPSA) is 55.4 Å². The van der Waals surface area contributed by atoms with Gasteiger partial charge < -0.3 is 4.74 Å². The monoisotopic (exact) mass is 269 g/mol. The smallest absolute Gasteiger partial charge is 0.214 e. The third kappa shape index (κ3) is 3.10. The lowest BCUT2D eigenvalue weighted by molar-refractivity contribution is 0.107. The fourth-order valence-corrected chi connectivity index (χ4v) is 3.33. The van der Waals surface area contributed by atoms with Crippen LogP contribution in [-0.4, -0.2) is 27.3 Å². The van der Waals surface area contributed by atoms with Gasteiger partial charge >= 0.3 is 0 Å². The van der Waals surface area contributed by atoms with E-state index >= 15 is 0 Å². The second kappa shape index (κ2) is 5.38. The number of methoxy groups -OCH3 is 1. The molecule has 1 aliphatic rings. The summed E-state index contributed by atoms with van der Waals surface area (Å²) >= 11 is 0. The van der Waals surface area contributed by atoms with Crippen molar-refractivity contribution in [2.24, 2.45) is 0 Å². The Labute approximate surface area is 108 Å². The summed E-state index contributed by atoms with van der Waals surface area (Å²) in [7, 11) is -1.54. The Kier molecular flexibility index (Phi) is 4.04. The first-order valence-electron chi connectivity index (χ1n) is 6.11. The lowest BCUT2D eigenvalue weighted by Gasteiger charge is -2.18. The molecule has 1 atom stereocenters.